The van der Waals surface area contributed by atoms with Gasteiger partial charge in [-0.05, 0) is 5.56 Å². The Hall–Kier alpha value is -0.520. The van der Waals surface area contributed by atoms with Crippen LogP contribution in [0, 0.1) is 10.8 Å². The minimum absolute atomic E-state index is 0.213. The van der Waals surface area contributed by atoms with Crippen molar-refractivity contribution >= 4 is 15.4 Å². The van der Waals surface area contributed by atoms with Crippen LogP contribution >= 0.6 is 15.4 Å². The second-order valence-corrected chi connectivity index (χ2v) is 12.0. The molecule has 1 atom stereocenters. The van der Waals surface area contributed by atoms with Crippen LogP contribution in [0.25, 0.3) is 0 Å². The van der Waals surface area contributed by atoms with Gasteiger partial charge in [0.15, 0.2) is 5.85 Å². The molecule has 0 spiro atoms. The summed E-state index contributed by atoms with van der Waals surface area (Å²) in [4.78, 5) is 0. The van der Waals surface area contributed by atoms with E-state index in [1.165, 1.54) is 0 Å². The monoisotopic (exact) mass is 404 g/mol. The van der Waals surface area contributed by atoms with Crippen molar-refractivity contribution in [3.8, 4) is 0 Å². The molecule has 0 aromatic heterocycles. The van der Waals surface area contributed by atoms with Crippen molar-refractivity contribution in [3.63, 3.8) is 0 Å². The number of benzene rings is 1. The summed E-state index contributed by atoms with van der Waals surface area (Å²) in [6.45, 7) is 8.69. The summed E-state index contributed by atoms with van der Waals surface area (Å²) in [6.07, 6.45) is 0. The van der Waals surface area contributed by atoms with Crippen LogP contribution in [0.3, 0.4) is 0 Å². The Morgan fingerprint density at radius 1 is 0.846 bits per heavy atom. The zero-order valence-electron chi connectivity index (χ0n) is 15.5. The van der Waals surface area contributed by atoms with Gasteiger partial charge in [0.25, 0.3) is 0 Å². The first-order valence-electron chi connectivity index (χ1n) is 8.54. The summed E-state index contributed by atoms with van der Waals surface area (Å²) in [6, 6.07) is 8.80. The summed E-state index contributed by atoms with van der Waals surface area (Å²) in [5, 5.41) is 0. The van der Waals surface area contributed by atoms with E-state index in [2.05, 4.69) is 0 Å². The van der Waals surface area contributed by atoms with Crippen LogP contribution in [0.1, 0.15) is 39.1 Å². The molecule has 0 aliphatic carbocycles. The number of phosphoric acid groups is 1. The Labute approximate surface area is 154 Å². The van der Waals surface area contributed by atoms with E-state index in [4.69, 9.17) is 22.6 Å². The van der Waals surface area contributed by atoms with Crippen LogP contribution in [0.15, 0.2) is 30.3 Å². The van der Waals surface area contributed by atoms with Crippen molar-refractivity contribution in [2.24, 2.45) is 10.8 Å². The first-order valence-corrected chi connectivity index (χ1v) is 11.6. The van der Waals surface area contributed by atoms with Gasteiger partial charge in [-0.2, -0.15) is 0 Å². The van der Waals surface area contributed by atoms with Crippen LogP contribution in [-0.2, 0) is 31.7 Å². The van der Waals surface area contributed by atoms with Gasteiger partial charge in [-0.3, -0.25) is 18.1 Å². The fourth-order valence-electron chi connectivity index (χ4n) is 2.43. The molecule has 2 saturated heterocycles. The van der Waals surface area contributed by atoms with E-state index in [9.17, 15) is 9.13 Å². The lowest BCUT2D eigenvalue weighted by Gasteiger charge is -2.39. The molecule has 2 aliphatic rings. The molecule has 0 saturated carbocycles. The van der Waals surface area contributed by atoms with Crippen molar-refractivity contribution in [3.05, 3.63) is 35.9 Å². The first kappa shape index (κ1) is 20.2. The smallest absolute Gasteiger partial charge is 0.306 e. The normalized spacial score (nSPS) is 27.5. The zero-order valence-corrected chi connectivity index (χ0v) is 17.3. The summed E-state index contributed by atoms with van der Waals surface area (Å²) in [5.41, 5.74) is -0.00438. The minimum Gasteiger partial charge on any atom is -0.306 e. The first-order chi connectivity index (χ1) is 12.0. The molecule has 3 rings (SSSR count). The maximum absolute atomic E-state index is 13.4. The lowest BCUT2D eigenvalue weighted by atomic mass is 9.97. The van der Waals surface area contributed by atoms with Crippen molar-refractivity contribution in [1.29, 1.82) is 0 Å². The van der Waals surface area contributed by atoms with Crippen LogP contribution < -0.4 is 0 Å². The third kappa shape index (κ3) is 4.66. The summed E-state index contributed by atoms with van der Waals surface area (Å²) in [7, 11) is -7.61. The quantitative estimate of drug-likeness (QED) is 0.642. The van der Waals surface area contributed by atoms with E-state index >= 15 is 0 Å². The molecule has 2 fully saturated rings. The fourth-order valence-corrected chi connectivity index (χ4v) is 6.76. The molecule has 0 amide bonds. The van der Waals surface area contributed by atoms with Crippen LogP contribution in [0.5, 0.6) is 0 Å². The van der Waals surface area contributed by atoms with E-state index in [0.717, 1.165) is 0 Å². The topological polar surface area (TPSA) is 80.3 Å². The van der Waals surface area contributed by atoms with Crippen LogP contribution in [0.4, 0.5) is 0 Å². The van der Waals surface area contributed by atoms with Gasteiger partial charge in [0.05, 0.1) is 26.4 Å². The van der Waals surface area contributed by atoms with Gasteiger partial charge >= 0.3 is 15.4 Å². The maximum Gasteiger partial charge on any atom is 0.476 e. The average Bonchev–Trinajstić information content (AvgIpc) is 2.60. The van der Waals surface area contributed by atoms with Crippen LogP contribution in [-0.4, -0.2) is 26.4 Å². The van der Waals surface area contributed by atoms with Crippen molar-refractivity contribution in [2.45, 2.75) is 33.5 Å². The number of hydrogen-bond acceptors (Lipinski definition) is 7. The van der Waals surface area contributed by atoms with Crippen LogP contribution in [0.2, 0.25) is 0 Å². The van der Waals surface area contributed by atoms with Gasteiger partial charge in [0, 0.05) is 10.8 Å². The van der Waals surface area contributed by atoms with Crippen molar-refractivity contribution in [1.82, 2.24) is 0 Å². The molecule has 26 heavy (non-hydrogen) atoms. The molecule has 1 unspecified atom stereocenters. The van der Waals surface area contributed by atoms with Crippen molar-refractivity contribution in [2.75, 3.05) is 26.4 Å². The predicted octanol–water partition coefficient (Wildman–Crippen LogP) is 5.15. The molecule has 0 bridgehead atoms. The molecule has 2 aliphatic heterocycles. The average molecular weight is 404 g/mol. The molecular formula is C17H26O7P2. The van der Waals surface area contributed by atoms with Gasteiger partial charge in [0.2, 0.25) is 0 Å². The van der Waals surface area contributed by atoms with Gasteiger partial charge in [-0.1, -0.05) is 58.0 Å². The maximum atomic E-state index is 13.4. The second-order valence-electron chi connectivity index (χ2n) is 8.28. The lowest BCUT2D eigenvalue weighted by Crippen LogP contribution is -2.32. The van der Waals surface area contributed by atoms with Gasteiger partial charge in [-0.15, -0.1) is 0 Å². The zero-order chi connectivity index (χ0) is 19.1. The molecule has 7 nitrogen and oxygen atoms in total. The Bertz CT molecular complexity index is 704. The Morgan fingerprint density at radius 3 is 1.81 bits per heavy atom. The highest BCUT2D eigenvalue weighted by Gasteiger charge is 2.50. The molecule has 0 radical (unpaired) electrons. The second kappa shape index (κ2) is 7.14. The Morgan fingerprint density at radius 2 is 1.31 bits per heavy atom. The molecule has 1 aromatic rings. The fraction of sp³-hybridized carbons (Fsp3) is 0.647. The largest absolute Gasteiger partial charge is 0.476 e. The SMILES string of the molecule is CC1(C)COP(=O)(OC(c2ccccc2)P2(=O)OCC(C)(C)CO2)OC1. The van der Waals surface area contributed by atoms with E-state index in [1.807, 2.05) is 33.8 Å². The number of rotatable bonds is 4. The molecule has 0 N–H and O–H groups in total. The summed E-state index contributed by atoms with van der Waals surface area (Å²) >= 11 is 0. The highest BCUT2D eigenvalue weighted by molar-refractivity contribution is 7.55. The Kier molecular flexibility index (Phi) is 5.55. The molecule has 9 heteroatoms. The molecule has 146 valence electrons. The van der Waals surface area contributed by atoms with E-state index in [1.54, 1.807) is 24.3 Å². The van der Waals surface area contributed by atoms with Gasteiger partial charge in [-0.25, -0.2) is 4.57 Å². The van der Waals surface area contributed by atoms with Gasteiger partial charge in [0.1, 0.15) is 0 Å². The third-order valence-electron chi connectivity index (χ3n) is 4.10. The number of phosphoric ester groups is 1. The lowest BCUT2D eigenvalue weighted by molar-refractivity contribution is -0.0155. The number of hydrogen-bond donors (Lipinski definition) is 0. The van der Waals surface area contributed by atoms with E-state index in [0.29, 0.717) is 5.56 Å². The third-order valence-corrected chi connectivity index (χ3v) is 7.58. The van der Waals surface area contributed by atoms with E-state index in [-0.39, 0.29) is 37.3 Å². The molecule has 2 heterocycles. The summed E-state index contributed by atoms with van der Waals surface area (Å²) < 4.78 is 53.9. The highest BCUT2D eigenvalue weighted by Crippen LogP contribution is 2.70. The molecular weight excluding hydrogens is 378 g/mol. The van der Waals surface area contributed by atoms with Crippen molar-refractivity contribution < 1.29 is 31.7 Å². The minimum atomic E-state index is -3.89. The Balaban J connectivity index is 1.86. The van der Waals surface area contributed by atoms with Gasteiger partial charge < -0.3 is 9.05 Å². The predicted molar refractivity (Wildman–Crippen MR) is 96.9 cm³/mol. The standard InChI is InChI=1S/C17H26O7P2/c1-16(2)10-20-25(18,21-11-16)15(14-8-6-5-7-9-14)24-26(19)22-12-17(3,4)13-23-26/h5-9,15H,10-13H2,1-4H3. The highest BCUT2D eigenvalue weighted by atomic mass is 31.2. The van der Waals surface area contributed by atoms with E-state index < -0.39 is 21.3 Å². The molecule has 1 aromatic carbocycles. The summed E-state index contributed by atoms with van der Waals surface area (Å²) in [5.74, 6) is -1.19.